The number of fused-ring (bicyclic) bond motifs is 9. The van der Waals surface area contributed by atoms with Crippen LogP contribution in [0.3, 0.4) is 0 Å². The summed E-state index contributed by atoms with van der Waals surface area (Å²) < 4.78 is 5.63. The number of carbonyl (C=O) groups excluding carboxylic acids is 16. The molecule has 0 saturated carbocycles. The lowest BCUT2D eigenvalue weighted by Gasteiger charge is -2.34. The van der Waals surface area contributed by atoms with Gasteiger partial charge in [-0.15, -0.1) is 0 Å². The number of esters is 1. The summed E-state index contributed by atoms with van der Waals surface area (Å²) in [5.41, 5.74) is 7.86. The Morgan fingerprint density at radius 2 is 1.04 bits per heavy atom. The van der Waals surface area contributed by atoms with Crippen LogP contribution in [0.5, 0.6) is 0 Å². The van der Waals surface area contributed by atoms with Crippen LogP contribution < -0.4 is 74.9 Å². The number of aliphatic hydroxyl groups excluding tert-OH is 1. The molecule has 15 amide bonds. The van der Waals surface area contributed by atoms with Gasteiger partial charge in [0.15, 0.2) is 0 Å². The molecule has 0 aliphatic carbocycles. The van der Waals surface area contributed by atoms with E-state index in [0.29, 0.717) is 38.6 Å². The first kappa shape index (κ1) is 97.2. The third kappa shape index (κ3) is 27.4. The fourth-order valence-electron chi connectivity index (χ4n) is 15.1. The van der Waals surface area contributed by atoms with Crippen molar-refractivity contribution in [3.05, 3.63) is 90.3 Å². The van der Waals surface area contributed by atoms with Crippen LogP contribution in [0.2, 0.25) is 0 Å². The minimum absolute atomic E-state index is 0.0272. The van der Waals surface area contributed by atoms with E-state index >= 15 is 38.4 Å². The molecule has 2 aromatic carbocycles. The first-order valence-electron chi connectivity index (χ1n) is 41.8. The number of amides is 15. The van der Waals surface area contributed by atoms with Gasteiger partial charge in [-0.1, -0.05) is 99.5 Å². The number of aromatic nitrogens is 4. The first-order valence-corrected chi connectivity index (χ1v) is 44.3. The lowest BCUT2D eigenvalue weighted by molar-refractivity contribution is -0.157. The molecule has 4 aliphatic rings. The van der Waals surface area contributed by atoms with Crippen LogP contribution in [-0.2, 0) is 106 Å². The average Bonchev–Trinajstić information content (AvgIpc) is 1.66. The van der Waals surface area contributed by atoms with Crippen LogP contribution in [0.25, 0.3) is 21.8 Å². The molecule has 7 heterocycles. The van der Waals surface area contributed by atoms with Gasteiger partial charge in [0.1, 0.15) is 90.2 Å². The van der Waals surface area contributed by atoms with Crippen molar-refractivity contribution in [3.63, 3.8) is 0 Å². The maximum absolute atomic E-state index is 15.6. The van der Waals surface area contributed by atoms with Crippen LogP contribution >= 0.6 is 21.6 Å². The van der Waals surface area contributed by atoms with Gasteiger partial charge in [-0.25, -0.2) is 4.98 Å². The molecule has 9 rings (SSSR count). The van der Waals surface area contributed by atoms with E-state index in [1.54, 1.807) is 123 Å². The number of para-hydroxylation sites is 2. The van der Waals surface area contributed by atoms with Gasteiger partial charge < -0.3 is 115 Å². The number of aliphatic carboxylic acids is 1. The number of nitrogens with zero attached hydrogens (tertiary/aromatic N) is 3. The number of imidazole rings is 1. The molecule has 20 N–H and O–H groups in total. The SMILES string of the molecule is CC(C)C[C@@H]1NC(=O)[C@H](Cc2cnc[nH]2)NC(=O)[C@H](Cc2c[nH]c3ccccc23)NC(=O)[C@H](C)NC(=O)[C@@H]2CSSC[C@H](NC(=O)[C@H](Cc3c[nH]c4ccccc34)NC(=O)[C@H](C(C)C)NC(=O)[C@H](CC(C)C)NC(=O)[C@H](CCC(=O)O)NC(=O)CNC1=O)C(=O)N[C@@H]([C@@H](C)O)C(=O)N1CCC[C@@H]1C(=O)N1C[C@@H](N)C[C@H]1C(=O)N[C@@H](CC(=O)OC(C)(C)C)C(=O)N2. The van der Waals surface area contributed by atoms with Gasteiger partial charge in [0, 0.05) is 102 Å². The van der Waals surface area contributed by atoms with Gasteiger partial charge in [-0.2, -0.15) is 0 Å². The standard InChI is InChI=1S/C83H116N20O20S2/c1-40(2)25-54-70(110)88-35-64(105)91-53(22-23-65(106)107)71(111)94-55(26-41(3)4)76(116)100-67(42(5)6)80(120)97-57(28-46-33-87-52-20-15-13-18-50(46)52)73(113)99-61-38-125-124-37-60(77(117)90-43(7)69(109)92-56(27-45-32-86-51-19-14-12-17-49(45)51)72(112)95-58(74(114)93-54)30-48-34-85-39-89-48)98-75(115)59(31-66(108)123-83(9,10)11)96-79(119)63-29-47(84)36-103(63)81(121)62-21-16-24-102(62)82(122)68(44(8)104)101-78(61)118/h12-15,17-20,32-34,39-44,47,53-63,67-68,86-87,104H,16,21-31,35-38,84H2,1-11H3,(H,85,89)(H,88,110)(H,90,117)(H,91,105)(H,92,109)(H,93,114)(H,94,111)(H,95,112)(H,96,119)(H,97,120)(H,98,115)(H,99,113)(H,100,116)(H,101,118)(H,106,107)/t43-,44+,47-,53-,54-,55-,56-,57-,58-,59-,60-,61-,62+,63-,67-,68-/m0/s1. The number of carbonyl (C=O) groups is 17. The molecule has 2 bridgehead atoms. The number of H-pyrrole nitrogens is 3. The summed E-state index contributed by atoms with van der Waals surface area (Å²) >= 11 is 0. The van der Waals surface area contributed by atoms with E-state index in [2.05, 4.69) is 89.1 Å². The van der Waals surface area contributed by atoms with Crippen molar-refractivity contribution in [1.82, 2.24) is 98.9 Å². The van der Waals surface area contributed by atoms with E-state index < -0.39 is 246 Å². The summed E-state index contributed by atoms with van der Waals surface area (Å²) in [5.74, 6) is -19.8. The topological polar surface area (TPSA) is 589 Å². The van der Waals surface area contributed by atoms with Gasteiger partial charge >= 0.3 is 11.9 Å². The highest BCUT2D eigenvalue weighted by atomic mass is 33.1. The van der Waals surface area contributed by atoms with E-state index in [0.717, 1.165) is 31.4 Å². The predicted octanol–water partition coefficient (Wildman–Crippen LogP) is -1.59. The Morgan fingerprint density at radius 1 is 0.544 bits per heavy atom. The monoisotopic (exact) mass is 1780 g/mol. The smallest absolute Gasteiger partial charge is 0.308 e. The normalized spacial score (nSPS) is 26.7. The lowest BCUT2D eigenvalue weighted by Crippen LogP contribution is -2.63. The lowest BCUT2D eigenvalue weighted by atomic mass is 9.98. The van der Waals surface area contributed by atoms with Gasteiger partial charge in [0.25, 0.3) is 0 Å². The quantitative estimate of drug-likeness (QED) is 0.0368. The van der Waals surface area contributed by atoms with Gasteiger partial charge in [-0.3, -0.25) is 81.5 Å². The zero-order valence-electron chi connectivity index (χ0n) is 71.7. The molecule has 0 radical (unpaired) electrons. The molecular weight excluding hydrogens is 1660 g/mol. The highest BCUT2D eigenvalue weighted by molar-refractivity contribution is 8.76. The molecule has 16 atom stereocenters. The molecule has 4 fully saturated rings. The first-order chi connectivity index (χ1) is 59.1. The second-order valence-electron chi connectivity index (χ2n) is 34.2. The number of aliphatic hydroxyl groups is 1. The number of carboxylic acid groups (broad SMARTS) is 1. The minimum atomic E-state index is -1.89. The minimum Gasteiger partial charge on any atom is -0.481 e. The number of hydrogen-bond acceptors (Lipinski definition) is 23. The largest absolute Gasteiger partial charge is 0.481 e. The third-order valence-corrected chi connectivity index (χ3v) is 23.9. The van der Waals surface area contributed by atoms with Crippen molar-refractivity contribution in [1.29, 1.82) is 0 Å². The second-order valence-corrected chi connectivity index (χ2v) is 36.7. The van der Waals surface area contributed by atoms with Gasteiger partial charge in [0.2, 0.25) is 88.6 Å². The van der Waals surface area contributed by atoms with Crippen molar-refractivity contribution < 1.29 is 96.5 Å². The maximum atomic E-state index is 15.6. The Labute approximate surface area is 729 Å². The molecule has 4 saturated heterocycles. The molecule has 4 aliphatic heterocycles. The van der Waals surface area contributed by atoms with Crippen molar-refractivity contribution >= 4 is 144 Å². The number of ether oxygens (including phenoxy) is 1. The van der Waals surface area contributed by atoms with Gasteiger partial charge in [0.05, 0.1) is 25.4 Å². The molecule has 680 valence electrons. The number of nitrogens with two attached hydrogens (primary N) is 1. The van der Waals surface area contributed by atoms with Crippen LogP contribution in [0.1, 0.15) is 144 Å². The number of aromatic amines is 3. The Morgan fingerprint density at radius 3 is 1.58 bits per heavy atom. The molecule has 125 heavy (non-hydrogen) atoms. The Hall–Kier alpha value is -11.7. The Kier molecular flexibility index (Phi) is 34.4. The van der Waals surface area contributed by atoms with Crippen molar-refractivity contribution in [2.45, 2.75) is 249 Å². The summed E-state index contributed by atoms with van der Waals surface area (Å²) in [7, 11) is 1.61. The summed E-state index contributed by atoms with van der Waals surface area (Å²) in [6.07, 6.45) is 1.06. The van der Waals surface area contributed by atoms with E-state index in [1.165, 1.54) is 26.4 Å². The highest BCUT2D eigenvalue weighted by Gasteiger charge is 2.48. The van der Waals surface area contributed by atoms with E-state index in [4.69, 9.17) is 10.5 Å². The van der Waals surface area contributed by atoms with Gasteiger partial charge in [-0.05, 0) is 114 Å². The van der Waals surface area contributed by atoms with Crippen LogP contribution in [0, 0.1) is 17.8 Å². The van der Waals surface area contributed by atoms with E-state index in [9.17, 15) is 53.4 Å². The molecule has 0 unspecified atom stereocenters. The van der Waals surface area contributed by atoms with Crippen molar-refractivity contribution in [3.8, 4) is 0 Å². The van der Waals surface area contributed by atoms with E-state index in [1.807, 2.05) is 0 Å². The van der Waals surface area contributed by atoms with Crippen LogP contribution in [-0.4, -0.2) is 274 Å². The third-order valence-electron chi connectivity index (χ3n) is 21.5. The zero-order chi connectivity index (χ0) is 91.4. The number of carboxylic acids is 1. The maximum Gasteiger partial charge on any atom is 0.308 e. The Bertz CT molecular complexity index is 4760. The van der Waals surface area contributed by atoms with Crippen molar-refractivity contribution in [2.75, 3.05) is 31.1 Å². The second kappa shape index (κ2) is 44.3. The molecule has 3 aromatic heterocycles. The fourth-order valence-corrected chi connectivity index (χ4v) is 17.5. The molecule has 5 aromatic rings. The predicted molar refractivity (Wildman–Crippen MR) is 459 cm³/mol. The number of nitrogens with one attached hydrogen (secondary N) is 16. The summed E-state index contributed by atoms with van der Waals surface area (Å²) in [6.45, 7) is 16.0. The number of rotatable bonds is 17. The average molecular weight is 1780 g/mol. The summed E-state index contributed by atoms with van der Waals surface area (Å²) in [5, 5.41) is 56.8. The van der Waals surface area contributed by atoms with E-state index in [-0.39, 0.29) is 76.3 Å². The fraction of sp³-hybridized carbons (Fsp3) is 0.566. The molecule has 42 heteroatoms. The molecule has 0 spiro atoms. The summed E-state index contributed by atoms with van der Waals surface area (Å²) in [4.78, 5) is 266. The highest BCUT2D eigenvalue weighted by Crippen LogP contribution is 2.30. The van der Waals surface area contributed by atoms with Crippen molar-refractivity contribution in [2.24, 2.45) is 23.5 Å². The molecular formula is C83H116N20O20S2. The van der Waals surface area contributed by atoms with Crippen LogP contribution in [0.15, 0.2) is 73.4 Å². The molecule has 40 nitrogen and oxygen atoms in total. The zero-order valence-corrected chi connectivity index (χ0v) is 73.3. The Balaban J connectivity index is 1.15. The summed E-state index contributed by atoms with van der Waals surface area (Å²) in [6, 6.07) is -9.56. The van der Waals surface area contributed by atoms with Crippen LogP contribution in [0.4, 0.5) is 0 Å². The number of hydrogen-bond donors (Lipinski definition) is 19. The number of benzene rings is 2.